The Bertz CT molecular complexity index is 535. The van der Waals surface area contributed by atoms with Gasteiger partial charge in [0, 0.05) is 23.8 Å². The Morgan fingerprint density at radius 2 is 1.72 bits per heavy atom. The van der Waals surface area contributed by atoms with Gasteiger partial charge in [-0.05, 0) is 80.0 Å². The molecule has 0 bridgehead atoms. The second-order valence-corrected chi connectivity index (χ2v) is 8.29. The Morgan fingerprint density at radius 3 is 2.28 bits per heavy atom. The first kappa shape index (κ1) is 21.7. The van der Waals surface area contributed by atoms with Crippen molar-refractivity contribution in [2.45, 2.75) is 78.0 Å². The highest BCUT2D eigenvalue weighted by atomic mass is 16.5. The third-order valence-corrected chi connectivity index (χ3v) is 4.66. The van der Waals surface area contributed by atoms with E-state index < -0.39 is 0 Å². The van der Waals surface area contributed by atoms with E-state index in [4.69, 9.17) is 4.74 Å². The van der Waals surface area contributed by atoms with Crippen molar-refractivity contribution < 1.29 is 9.53 Å². The third kappa shape index (κ3) is 8.50. The molecule has 4 heteroatoms. The average Bonchev–Trinajstić information content (AvgIpc) is 2.52. The molecule has 0 aromatic heterocycles. The second kappa shape index (κ2) is 9.35. The fourth-order valence-electron chi connectivity index (χ4n) is 2.51. The minimum absolute atomic E-state index is 0.0351. The molecular weight excluding hydrogens is 312 g/mol. The lowest BCUT2D eigenvalue weighted by Crippen LogP contribution is -2.44. The number of carbonyl (C=O) groups is 1. The summed E-state index contributed by atoms with van der Waals surface area (Å²) in [6.45, 7) is 13.2. The zero-order valence-electron chi connectivity index (χ0n) is 17.0. The van der Waals surface area contributed by atoms with Crippen molar-refractivity contribution in [1.82, 2.24) is 10.6 Å². The van der Waals surface area contributed by atoms with Crippen LogP contribution in [0.1, 0.15) is 69.8 Å². The van der Waals surface area contributed by atoms with Crippen molar-refractivity contribution in [2.75, 3.05) is 13.7 Å². The van der Waals surface area contributed by atoms with E-state index in [0.29, 0.717) is 18.2 Å². The molecule has 0 fully saturated rings. The first-order chi connectivity index (χ1) is 11.5. The number of benzene rings is 1. The van der Waals surface area contributed by atoms with Crippen molar-refractivity contribution in [3.05, 3.63) is 35.4 Å². The molecule has 0 aliphatic carbocycles. The molecule has 25 heavy (non-hydrogen) atoms. The highest BCUT2D eigenvalue weighted by molar-refractivity contribution is 5.94. The summed E-state index contributed by atoms with van der Waals surface area (Å²) in [6.07, 6.45) is 2.86. The van der Waals surface area contributed by atoms with Gasteiger partial charge in [-0.2, -0.15) is 0 Å². The summed E-state index contributed by atoms with van der Waals surface area (Å²) in [4.78, 5) is 12.4. The summed E-state index contributed by atoms with van der Waals surface area (Å²) in [7, 11) is 1.98. The minimum Gasteiger partial charge on any atom is -0.375 e. The van der Waals surface area contributed by atoms with Crippen LogP contribution in [-0.4, -0.2) is 36.7 Å². The molecule has 0 unspecified atom stereocenters. The fourth-order valence-corrected chi connectivity index (χ4v) is 2.51. The normalized spacial score (nSPS) is 13.6. The molecule has 142 valence electrons. The number of carbonyl (C=O) groups excluding carboxylic acids is 1. The molecule has 0 aliphatic rings. The Morgan fingerprint density at radius 1 is 1.12 bits per heavy atom. The standard InChI is InChI=1S/C21H36N2O2/c1-16-8-10-18(11-9-16)19(24)23-20(3,4)14-15-25-21(5,6)13-12-17(2)22-7/h8-11,17,22H,12-15H2,1-7H3,(H,23,24)/t17-/m0/s1. The van der Waals surface area contributed by atoms with Gasteiger partial charge in [0.1, 0.15) is 0 Å². The van der Waals surface area contributed by atoms with Gasteiger partial charge < -0.3 is 15.4 Å². The maximum absolute atomic E-state index is 12.4. The van der Waals surface area contributed by atoms with Crippen molar-refractivity contribution in [3.63, 3.8) is 0 Å². The van der Waals surface area contributed by atoms with Crippen molar-refractivity contribution in [1.29, 1.82) is 0 Å². The van der Waals surface area contributed by atoms with Crippen LogP contribution in [0.4, 0.5) is 0 Å². The lowest BCUT2D eigenvalue weighted by atomic mass is 9.98. The number of hydrogen-bond acceptors (Lipinski definition) is 3. The number of aryl methyl sites for hydroxylation is 1. The molecule has 1 aromatic rings. The molecule has 1 rings (SSSR count). The molecule has 1 aromatic carbocycles. The second-order valence-electron chi connectivity index (χ2n) is 8.29. The molecule has 2 N–H and O–H groups in total. The van der Waals surface area contributed by atoms with Gasteiger partial charge in [0.2, 0.25) is 0 Å². The summed E-state index contributed by atoms with van der Waals surface area (Å²) in [6, 6.07) is 8.14. The molecule has 0 aliphatic heterocycles. The van der Waals surface area contributed by atoms with E-state index in [9.17, 15) is 4.79 Å². The van der Waals surface area contributed by atoms with Crippen LogP contribution in [0.3, 0.4) is 0 Å². The lowest BCUT2D eigenvalue weighted by molar-refractivity contribution is -0.0327. The monoisotopic (exact) mass is 348 g/mol. The third-order valence-electron chi connectivity index (χ3n) is 4.66. The van der Waals surface area contributed by atoms with Gasteiger partial charge in [0.25, 0.3) is 5.91 Å². The minimum atomic E-state index is -0.309. The van der Waals surface area contributed by atoms with E-state index in [1.165, 1.54) is 0 Å². The number of hydrogen-bond donors (Lipinski definition) is 2. The summed E-state index contributed by atoms with van der Waals surface area (Å²) < 4.78 is 6.08. The average molecular weight is 349 g/mol. The summed E-state index contributed by atoms with van der Waals surface area (Å²) in [5.74, 6) is -0.0351. The van der Waals surface area contributed by atoms with Gasteiger partial charge in [-0.1, -0.05) is 17.7 Å². The van der Waals surface area contributed by atoms with Gasteiger partial charge in [-0.25, -0.2) is 0 Å². The Labute approximate surface area is 153 Å². The van der Waals surface area contributed by atoms with Gasteiger partial charge in [0.05, 0.1) is 5.60 Å². The van der Waals surface area contributed by atoms with Crippen molar-refractivity contribution >= 4 is 5.91 Å². The van der Waals surface area contributed by atoms with Crippen LogP contribution in [0.25, 0.3) is 0 Å². The molecule has 0 spiro atoms. The van der Waals surface area contributed by atoms with E-state index in [-0.39, 0.29) is 17.0 Å². The Hall–Kier alpha value is -1.39. The zero-order valence-corrected chi connectivity index (χ0v) is 17.0. The Balaban J connectivity index is 2.44. The molecule has 1 amide bonds. The van der Waals surface area contributed by atoms with E-state index in [0.717, 1.165) is 24.8 Å². The first-order valence-electron chi connectivity index (χ1n) is 9.25. The molecule has 1 atom stereocenters. The predicted octanol–water partition coefficient (Wildman–Crippen LogP) is 4.08. The van der Waals surface area contributed by atoms with E-state index in [1.807, 2.05) is 52.1 Å². The quantitative estimate of drug-likeness (QED) is 0.670. The maximum atomic E-state index is 12.4. The first-order valence-corrected chi connectivity index (χ1v) is 9.25. The topological polar surface area (TPSA) is 50.4 Å². The van der Waals surface area contributed by atoms with E-state index in [2.05, 4.69) is 31.4 Å². The van der Waals surface area contributed by atoms with Gasteiger partial charge in [0.15, 0.2) is 0 Å². The summed E-state index contributed by atoms with van der Waals surface area (Å²) >= 11 is 0. The predicted molar refractivity (Wildman–Crippen MR) is 105 cm³/mol. The van der Waals surface area contributed by atoms with Crippen molar-refractivity contribution in [3.8, 4) is 0 Å². The lowest BCUT2D eigenvalue weighted by Gasteiger charge is -2.31. The Kier molecular flexibility index (Phi) is 8.10. The molecule has 0 radical (unpaired) electrons. The van der Waals surface area contributed by atoms with Crippen LogP contribution < -0.4 is 10.6 Å². The van der Waals surface area contributed by atoms with Crippen LogP contribution in [-0.2, 0) is 4.74 Å². The van der Waals surface area contributed by atoms with Crippen LogP contribution in [0.5, 0.6) is 0 Å². The molecular formula is C21H36N2O2. The van der Waals surface area contributed by atoms with Crippen LogP contribution in [0.15, 0.2) is 24.3 Å². The summed E-state index contributed by atoms with van der Waals surface area (Å²) in [5.41, 5.74) is 1.39. The number of ether oxygens (including phenoxy) is 1. The largest absolute Gasteiger partial charge is 0.375 e. The van der Waals surface area contributed by atoms with Gasteiger partial charge >= 0.3 is 0 Å². The van der Waals surface area contributed by atoms with Crippen LogP contribution in [0.2, 0.25) is 0 Å². The highest BCUT2D eigenvalue weighted by Crippen LogP contribution is 2.20. The smallest absolute Gasteiger partial charge is 0.251 e. The van der Waals surface area contributed by atoms with Crippen LogP contribution >= 0.6 is 0 Å². The molecule has 0 heterocycles. The van der Waals surface area contributed by atoms with E-state index in [1.54, 1.807) is 0 Å². The zero-order chi connectivity index (χ0) is 19.1. The maximum Gasteiger partial charge on any atom is 0.251 e. The molecule has 4 nitrogen and oxygen atoms in total. The molecule has 0 saturated carbocycles. The van der Waals surface area contributed by atoms with Gasteiger partial charge in [-0.15, -0.1) is 0 Å². The van der Waals surface area contributed by atoms with Crippen molar-refractivity contribution in [2.24, 2.45) is 0 Å². The fraction of sp³-hybridized carbons (Fsp3) is 0.667. The summed E-state index contributed by atoms with van der Waals surface area (Å²) in [5, 5.41) is 6.36. The number of amides is 1. The van der Waals surface area contributed by atoms with E-state index >= 15 is 0 Å². The SMILES string of the molecule is CN[C@@H](C)CCC(C)(C)OCCC(C)(C)NC(=O)c1ccc(C)cc1. The number of rotatable bonds is 10. The molecule has 0 saturated heterocycles. The van der Waals surface area contributed by atoms with Crippen LogP contribution in [0, 0.1) is 6.92 Å². The van der Waals surface area contributed by atoms with Gasteiger partial charge in [-0.3, -0.25) is 4.79 Å². The number of nitrogens with one attached hydrogen (secondary N) is 2. The highest BCUT2D eigenvalue weighted by Gasteiger charge is 2.24.